The van der Waals surface area contributed by atoms with Gasteiger partial charge in [0.2, 0.25) is 0 Å². The van der Waals surface area contributed by atoms with E-state index in [9.17, 15) is 0 Å². The summed E-state index contributed by atoms with van der Waals surface area (Å²) in [5.74, 6) is 0. The molecule has 0 N–H and O–H groups in total. The lowest BCUT2D eigenvalue weighted by Crippen LogP contribution is -1.94. The Balaban J connectivity index is 2.49. The smallest absolute Gasteiger partial charge is 0.113 e. The van der Waals surface area contributed by atoms with Gasteiger partial charge in [-0.1, -0.05) is 11.6 Å². The highest BCUT2D eigenvalue weighted by Crippen LogP contribution is 1.91. The molecule has 0 saturated carbocycles. The van der Waals surface area contributed by atoms with Gasteiger partial charge in [-0.05, 0) is 19.9 Å². The maximum Gasteiger partial charge on any atom is 0.113 e. The molecule has 1 rings (SSSR count). The van der Waals surface area contributed by atoms with Crippen LogP contribution in [0.25, 0.3) is 0 Å². The van der Waals surface area contributed by atoms with Crippen LogP contribution in [0.15, 0.2) is 23.9 Å². The van der Waals surface area contributed by atoms with Crippen LogP contribution in [0.4, 0.5) is 0 Å². The third kappa shape index (κ3) is 2.05. The molecule has 0 aromatic carbocycles. The maximum atomic E-state index is 3.94. The van der Waals surface area contributed by atoms with Crippen LogP contribution in [0.1, 0.15) is 13.8 Å². The van der Waals surface area contributed by atoms with Gasteiger partial charge in [0.05, 0.1) is 6.54 Å². The molecule has 1 aromatic heterocycles. The fourth-order valence-electron chi connectivity index (χ4n) is 0.638. The Kier molecular flexibility index (Phi) is 2.26. The molecule has 1 aromatic rings. The molecule has 0 fully saturated rings. The van der Waals surface area contributed by atoms with Crippen LogP contribution in [-0.4, -0.2) is 9.78 Å². The summed E-state index contributed by atoms with van der Waals surface area (Å²) in [6.07, 6.45) is 6.77. The highest BCUT2D eigenvalue weighted by Gasteiger charge is 1.84. The van der Waals surface area contributed by atoms with Gasteiger partial charge in [-0.15, -0.1) is 0 Å². The first-order chi connectivity index (χ1) is 4.79. The molecule has 1 heterocycles. The van der Waals surface area contributed by atoms with E-state index < -0.39 is 0 Å². The minimum atomic E-state index is 0.853. The summed E-state index contributed by atoms with van der Waals surface area (Å²) in [4.78, 5) is 0. The number of aromatic nitrogens is 2. The molecule has 0 aliphatic carbocycles. The molecule has 1 radical (unpaired) electrons. The lowest BCUT2D eigenvalue weighted by atomic mass is 10.3. The van der Waals surface area contributed by atoms with Crippen molar-refractivity contribution in [3.8, 4) is 0 Å². The van der Waals surface area contributed by atoms with E-state index in [4.69, 9.17) is 0 Å². The van der Waals surface area contributed by atoms with Gasteiger partial charge in [0.15, 0.2) is 0 Å². The van der Waals surface area contributed by atoms with Crippen molar-refractivity contribution in [2.75, 3.05) is 0 Å². The maximum absolute atomic E-state index is 3.94. The summed E-state index contributed by atoms with van der Waals surface area (Å²) >= 11 is 0. The topological polar surface area (TPSA) is 17.8 Å². The van der Waals surface area contributed by atoms with E-state index in [0.29, 0.717) is 0 Å². The van der Waals surface area contributed by atoms with Gasteiger partial charge in [0.25, 0.3) is 0 Å². The Bertz CT molecular complexity index is 205. The summed E-state index contributed by atoms with van der Waals surface area (Å²) in [6.45, 7) is 5.01. The van der Waals surface area contributed by atoms with Gasteiger partial charge in [0, 0.05) is 6.20 Å². The molecule has 0 saturated heterocycles. The van der Waals surface area contributed by atoms with E-state index >= 15 is 0 Å². The molecule has 0 spiro atoms. The molecule has 2 heteroatoms. The minimum Gasteiger partial charge on any atom is -0.268 e. The second-order valence-corrected chi connectivity index (χ2v) is 2.45. The number of rotatable bonds is 2. The largest absolute Gasteiger partial charge is 0.268 e. The summed E-state index contributed by atoms with van der Waals surface area (Å²) < 4.78 is 1.84. The van der Waals surface area contributed by atoms with Crippen molar-refractivity contribution < 1.29 is 0 Å². The van der Waals surface area contributed by atoms with Crippen molar-refractivity contribution in [2.24, 2.45) is 0 Å². The lowest BCUT2D eigenvalue weighted by molar-refractivity contribution is 0.697. The second kappa shape index (κ2) is 3.20. The standard InChI is InChI=1S/C8H11N2/c1-8(2)4-7-10-6-3-5-9-10/h3-4,6H,7H2,1-2H3. The molecule has 0 unspecified atom stereocenters. The van der Waals surface area contributed by atoms with E-state index in [1.165, 1.54) is 5.57 Å². The van der Waals surface area contributed by atoms with E-state index in [1.807, 2.05) is 10.9 Å². The van der Waals surface area contributed by atoms with Gasteiger partial charge in [-0.2, -0.15) is 5.10 Å². The fourth-order valence-corrected chi connectivity index (χ4v) is 0.638. The summed E-state index contributed by atoms with van der Waals surface area (Å²) in [7, 11) is 0. The predicted molar refractivity (Wildman–Crippen MR) is 40.5 cm³/mol. The van der Waals surface area contributed by atoms with Crippen molar-refractivity contribution in [3.05, 3.63) is 30.1 Å². The molecule has 53 valence electrons. The molecular weight excluding hydrogens is 124 g/mol. The second-order valence-electron chi connectivity index (χ2n) is 2.45. The number of hydrogen-bond donors (Lipinski definition) is 0. The molecular formula is C8H11N2. The highest BCUT2D eigenvalue weighted by molar-refractivity contribution is 4.93. The van der Waals surface area contributed by atoms with Crippen LogP contribution in [-0.2, 0) is 6.54 Å². The zero-order valence-electron chi connectivity index (χ0n) is 6.33. The molecule has 0 aliphatic rings. The quantitative estimate of drug-likeness (QED) is 0.564. The Morgan fingerprint density at radius 1 is 1.70 bits per heavy atom. The number of allylic oxidation sites excluding steroid dienone is 2. The predicted octanol–water partition coefficient (Wildman–Crippen LogP) is 1.65. The van der Waals surface area contributed by atoms with Gasteiger partial charge in [0.1, 0.15) is 6.20 Å². The van der Waals surface area contributed by atoms with Crippen LogP contribution >= 0.6 is 0 Å². The Labute approximate surface area is 61.2 Å². The third-order valence-corrected chi connectivity index (χ3v) is 1.19. The highest BCUT2D eigenvalue weighted by atomic mass is 15.3. The average molecular weight is 135 g/mol. The number of hydrogen-bond acceptors (Lipinski definition) is 1. The molecule has 0 aliphatic heterocycles. The Hall–Kier alpha value is -1.05. The molecule has 2 nitrogen and oxygen atoms in total. The Morgan fingerprint density at radius 3 is 3.00 bits per heavy atom. The van der Waals surface area contributed by atoms with Crippen LogP contribution in [0, 0.1) is 6.20 Å². The van der Waals surface area contributed by atoms with Crippen LogP contribution in [0.2, 0.25) is 0 Å². The first-order valence-electron chi connectivity index (χ1n) is 3.32. The van der Waals surface area contributed by atoms with E-state index in [2.05, 4.69) is 31.2 Å². The van der Waals surface area contributed by atoms with Crippen molar-refractivity contribution in [3.63, 3.8) is 0 Å². The monoisotopic (exact) mass is 135 g/mol. The van der Waals surface area contributed by atoms with E-state index in [-0.39, 0.29) is 0 Å². The Morgan fingerprint density at radius 2 is 2.50 bits per heavy atom. The zero-order valence-corrected chi connectivity index (χ0v) is 6.33. The van der Waals surface area contributed by atoms with E-state index in [0.717, 1.165) is 6.54 Å². The first-order valence-corrected chi connectivity index (χ1v) is 3.32. The van der Waals surface area contributed by atoms with E-state index in [1.54, 1.807) is 6.07 Å². The lowest BCUT2D eigenvalue weighted by Gasteiger charge is -1.93. The van der Waals surface area contributed by atoms with Crippen LogP contribution < -0.4 is 0 Å². The fraction of sp³-hybridized carbons (Fsp3) is 0.375. The summed E-state index contributed by atoms with van der Waals surface area (Å²) in [5.41, 5.74) is 1.32. The molecule has 10 heavy (non-hydrogen) atoms. The molecule has 0 amide bonds. The van der Waals surface area contributed by atoms with Crippen molar-refractivity contribution >= 4 is 0 Å². The average Bonchev–Trinajstić information content (AvgIpc) is 2.34. The summed E-state index contributed by atoms with van der Waals surface area (Å²) in [5, 5.41) is 3.94. The first kappa shape index (κ1) is 7.06. The van der Waals surface area contributed by atoms with Crippen molar-refractivity contribution in [1.29, 1.82) is 0 Å². The van der Waals surface area contributed by atoms with Gasteiger partial charge in [-0.25, -0.2) is 0 Å². The van der Waals surface area contributed by atoms with Crippen molar-refractivity contribution in [1.82, 2.24) is 9.78 Å². The molecule has 0 atom stereocenters. The zero-order chi connectivity index (χ0) is 7.40. The van der Waals surface area contributed by atoms with Crippen LogP contribution in [0.5, 0.6) is 0 Å². The van der Waals surface area contributed by atoms with Crippen LogP contribution in [0.3, 0.4) is 0 Å². The SMILES string of the molecule is CC(C)=CCn1cc[c]n1. The van der Waals surface area contributed by atoms with Gasteiger partial charge < -0.3 is 0 Å². The third-order valence-electron chi connectivity index (χ3n) is 1.19. The molecule has 0 bridgehead atoms. The minimum absolute atomic E-state index is 0.853. The summed E-state index contributed by atoms with van der Waals surface area (Å²) in [6, 6.07) is 1.80. The van der Waals surface area contributed by atoms with Crippen molar-refractivity contribution in [2.45, 2.75) is 20.4 Å². The normalized spacial score (nSPS) is 9.40. The van der Waals surface area contributed by atoms with Gasteiger partial charge >= 0.3 is 0 Å². The number of nitrogens with zero attached hydrogens (tertiary/aromatic N) is 2. The van der Waals surface area contributed by atoms with Gasteiger partial charge in [-0.3, -0.25) is 4.68 Å².